The fourth-order valence-corrected chi connectivity index (χ4v) is 2.58. The van der Waals surface area contributed by atoms with Crippen molar-refractivity contribution in [3.8, 4) is 0 Å². The first-order valence-corrected chi connectivity index (χ1v) is 7.86. The number of nitrogens with zero attached hydrogens (tertiary/aromatic N) is 1. The lowest BCUT2D eigenvalue weighted by Gasteiger charge is -2.31. The van der Waals surface area contributed by atoms with Gasteiger partial charge < -0.3 is 14.8 Å². The second kappa shape index (κ2) is 8.88. The molecule has 0 aromatic heterocycles. The van der Waals surface area contributed by atoms with Crippen LogP contribution < -0.4 is 5.32 Å². The molecular weight excluding hydrogens is 280 g/mol. The van der Waals surface area contributed by atoms with Gasteiger partial charge in [-0.1, -0.05) is 30.3 Å². The SMILES string of the molecule is CO[C@H](C)C(=O)N[C@H](Cc1ccccc1)CN1CCOCC1. The molecule has 122 valence electrons. The zero-order valence-electron chi connectivity index (χ0n) is 13.5. The summed E-state index contributed by atoms with van der Waals surface area (Å²) in [6, 6.07) is 10.3. The fourth-order valence-electron chi connectivity index (χ4n) is 2.58. The van der Waals surface area contributed by atoms with Gasteiger partial charge in [0, 0.05) is 32.8 Å². The molecule has 22 heavy (non-hydrogen) atoms. The van der Waals surface area contributed by atoms with Gasteiger partial charge in [0.1, 0.15) is 6.10 Å². The van der Waals surface area contributed by atoms with Gasteiger partial charge in [-0.15, -0.1) is 0 Å². The van der Waals surface area contributed by atoms with E-state index in [4.69, 9.17) is 9.47 Å². The number of rotatable bonds is 7. The highest BCUT2D eigenvalue weighted by Gasteiger charge is 2.21. The van der Waals surface area contributed by atoms with Crippen molar-refractivity contribution in [2.75, 3.05) is 40.0 Å². The molecule has 0 unspecified atom stereocenters. The number of carbonyl (C=O) groups excluding carboxylic acids is 1. The Morgan fingerprint density at radius 3 is 2.64 bits per heavy atom. The number of hydrogen-bond acceptors (Lipinski definition) is 4. The lowest BCUT2D eigenvalue weighted by molar-refractivity contribution is -0.131. The molecule has 2 rings (SSSR count). The molecule has 5 heteroatoms. The summed E-state index contributed by atoms with van der Waals surface area (Å²) < 4.78 is 10.5. The predicted molar refractivity (Wildman–Crippen MR) is 85.8 cm³/mol. The first-order chi connectivity index (χ1) is 10.7. The van der Waals surface area contributed by atoms with Crippen LogP contribution in [-0.2, 0) is 20.7 Å². The van der Waals surface area contributed by atoms with Crippen LogP contribution >= 0.6 is 0 Å². The third-order valence-corrected chi connectivity index (χ3v) is 3.98. The van der Waals surface area contributed by atoms with Gasteiger partial charge in [-0.2, -0.15) is 0 Å². The van der Waals surface area contributed by atoms with Gasteiger partial charge in [-0.25, -0.2) is 0 Å². The Kier molecular flexibility index (Phi) is 6.83. The largest absolute Gasteiger partial charge is 0.379 e. The molecule has 1 aromatic rings. The molecule has 0 radical (unpaired) electrons. The molecular formula is C17H26N2O3. The molecule has 2 atom stereocenters. The highest BCUT2D eigenvalue weighted by atomic mass is 16.5. The van der Waals surface area contributed by atoms with Gasteiger partial charge in [0.2, 0.25) is 5.91 Å². The Morgan fingerprint density at radius 2 is 2.00 bits per heavy atom. The Bertz CT molecular complexity index is 446. The van der Waals surface area contributed by atoms with E-state index in [2.05, 4.69) is 22.3 Å². The molecule has 1 aliphatic rings. The highest BCUT2D eigenvalue weighted by molar-refractivity contribution is 5.80. The average Bonchev–Trinajstić information content (AvgIpc) is 2.55. The van der Waals surface area contributed by atoms with Crippen LogP contribution in [0.2, 0.25) is 0 Å². The summed E-state index contributed by atoms with van der Waals surface area (Å²) in [5, 5.41) is 3.12. The summed E-state index contributed by atoms with van der Waals surface area (Å²) in [5.41, 5.74) is 1.23. The summed E-state index contributed by atoms with van der Waals surface area (Å²) in [5.74, 6) is -0.0586. The van der Waals surface area contributed by atoms with Crippen molar-refractivity contribution < 1.29 is 14.3 Å². The van der Waals surface area contributed by atoms with E-state index in [1.165, 1.54) is 5.56 Å². The Balaban J connectivity index is 1.97. The van der Waals surface area contributed by atoms with Gasteiger partial charge in [0.15, 0.2) is 0 Å². The maximum absolute atomic E-state index is 12.1. The van der Waals surface area contributed by atoms with Crippen LogP contribution in [0.3, 0.4) is 0 Å². The zero-order chi connectivity index (χ0) is 15.8. The first kappa shape index (κ1) is 16.9. The van der Waals surface area contributed by atoms with E-state index < -0.39 is 6.10 Å². The van der Waals surface area contributed by atoms with Crippen molar-refractivity contribution in [2.24, 2.45) is 0 Å². The molecule has 5 nitrogen and oxygen atoms in total. The van der Waals surface area contributed by atoms with Gasteiger partial charge in [-0.3, -0.25) is 9.69 Å². The number of benzene rings is 1. The smallest absolute Gasteiger partial charge is 0.249 e. The summed E-state index contributed by atoms with van der Waals surface area (Å²) in [7, 11) is 1.55. The third kappa shape index (κ3) is 5.40. The minimum atomic E-state index is -0.428. The lowest BCUT2D eigenvalue weighted by atomic mass is 10.0. The topological polar surface area (TPSA) is 50.8 Å². The van der Waals surface area contributed by atoms with Crippen molar-refractivity contribution >= 4 is 5.91 Å². The van der Waals surface area contributed by atoms with E-state index in [0.29, 0.717) is 0 Å². The van der Waals surface area contributed by atoms with Gasteiger partial charge in [0.05, 0.1) is 13.2 Å². The number of ether oxygens (including phenoxy) is 2. The highest BCUT2D eigenvalue weighted by Crippen LogP contribution is 2.07. The number of nitrogens with one attached hydrogen (secondary N) is 1. The Labute approximate surface area is 132 Å². The predicted octanol–water partition coefficient (Wildman–Crippen LogP) is 1.08. The minimum Gasteiger partial charge on any atom is -0.379 e. The standard InChI is InChI=1S/C17H26N2O3/c1-14(21-2)17(20)18-16(12-15-6-4-3-5-7-15)13-19-8-10-22-11-9-19/h3-7,14,16H,8-13H2,1-2H3,(H,18,20)/t14-,16-/m1/s1. The number of carbonyl (C=O) groups is 1. The van der Waals surface area contributed by atoms with Crippen LogP contribution in [0, 0.1) is 0 Å². The summed E-state index contributed by atoms with van der Waals surface area (Å²) in [6.45, 7) is 5.97. The van der Waals surface area contributed by atoms with Crippen molar-refractivity contribution in [3.63, 3.8) is 0 Å². The van der Waals surface area contributed by atoms with Crippen molar-refractivity contribution in [2.45, 2.75) is 25.5 Å². The lowest BCUT2D eigenvalue weighted by Crippen LogP contribution is -2.50. The molecule has 1 saturated heterocycles. The third-order valence-electron chi connectivity index (χ3n) is 3.98. The molecule has 1 aliphatic heterocycles. The van der Waals surface area contributed by atoms with Gasteiger partial charge >= 0.3 is 0 Å². The second-order valence-electron chi connectivity index (χ2n) is 5.69. The molecule has 1 heterocycles. The molecule has 1 N–H and O–H groups in total. The van der Waals surface area contributed by atoms with Crippen LogP contribution in [0.5, 0.6) is 0 Å². The molecule has 1 amide bonds. The molecule has 0 bridgehead atoms. The molecule has 1 fully saturated rings. The summed E-state index contributed by atoms with van der Waals surface area (Å²) in [6.07, 6.45) is 0.392. The first-order valence-electron chi connectivity index (χ1n) is 7.86. The van der Waals surface area contributed by atoms with Crippen molar-refractivity contribution in [1.82, 2.24) is 10.2 Å². The second-order valence-corrected chi connectivity index (χ2v) is 5.69. The van der Waals surface area contributed by atoms with Crippen molar-refractivity contribution in [1.29, 1.82) is 0 Å². The van der Waals surface area contributed by atoms with Crippen molar-refractivity contribution in [3.05, 3.63) is 35.9 Å². The Morgan fingerprint density at radius 1 is 1.32 bits per heavy atom. The Hall–Kier alpha value is -1.43. The normalized spacial score (nSPS) is 18.6. The van der Waals surface area contributed by atoms with Crippen LogP contribution in [0.1, 0.15) is 12.5 Å². The van der Waals surface area contributed by atoms with E-state index in [1.807, 2.05) is 18.2 Å². The van der Waals surface area contributed by atoms with E-state index in [-0.39, 0.29) is 11.9 Å². The maximum atomic E-state index is 12.1. The molecule has 0 saturated carbocycles. The van der Waals surface area contributed by atoms with Crippen LogP contribution in [0.4, 0.5) is 0 Å². The summed E-state index contributed by atoms with van der Waals surface area (Å²) >= 11 is 0. The number of morpholine rings is 1. The zero-order valence-corrected chi connectivity index (χ0v) is 13.5. The molecule has 0 spiro atoms. The average molecular weight is 306 g/mol. The van der Waals surface area contributed by atoms with E-state index >= 15 is 0 Å². The fraction of sp³-hybridized carbons (Fsp3) is 0.588. The minimum absolute atomic E-state index is 0.0586. The van der Waals surface area contributed by atoms with Crippen LogP contribution in [0.15, 0.2) is 30.3 Å². The van der Waals surface area contributed by atoms with Crippen LogP contribution in [-0.4, -0.2) is 62.9 Å². The quantitative estimate of drug-likeness (QED) is 0.819. The number of methoxy groups -OCH3 is 1. The van der Waals surface area contributed by atoms with E-state index in [0.717, 1.165) is 39.3 Å². The molecule has 0 aliphatic carbocycles. The monoisotopic (exact) mass is 306 g/mol. The number of hydrogen-bond donors (Lipinski definition) is 1. The summed E-state index contributed by atoms with van der Waals surface area (Å²) in [4.78, 5) is 14.5. The van der Waals surface area contributed by atoms with Crippen LogP contribution in [0.25, 0.3) is 0 Å². The molecule has 1 aromatic carbocycles. The van der Waals surface area contributed by atoms with E-state index in [1.54, 1.807) is 14.0 Å². The number of amides is 1. The van der Waals surface area contributed by atoms with E-state index in [9.17, 15) is 4.79 Å². The van der Waals surface area contributed by atoms with Gasteiger partial charge in [0.25, 0.3) is 0 Å². The van der Waals surface area contributed by atoms with Gasteiger partial charge in [-0.05, 0) is 18.9 Å². The maximum Gasteiger partial charge on any atom is 0.249 e.